The molecule has 0 aliphatic heterocycles. The van der Waals surface area contributed by atoms with E-state index in [0.29, 0.717) is 16.9 Å². The first-order valence-electron chi connectivity index (χ1n) is 6.26. The Labute approximate surface area is 157 Å². The number of nitrogens with zero attached hydrogens (tertiary/aromatic N) is 3. The van der Waals surface area contributed by atoms with Crippen molar-refractivity contribution >= 4 is 58.3 Å². The summed E-state index contributed by atoms with van der Waals surface area (Å²) >= 11 is 21.7. The van der Waals surface area contributed by atoms with E-state index in [1.54, 1.807) is 6.92 Å². The topological polar surface area (TPSA) is 110 Å². The molecule has 2 aromatic heterocycles. The number of ether oxygens (including phenoxy) is 1. The summed E-state index contributed by atoms with van der Waals surface area (Å²) in [6, 6.07) is 2.91. The Kier molecular flexibility index (Phi) is 11.2. The van der Waals surface area contributed by atoms with Crippen LogP contribution < -0.4 is 0 Å². The molecular weight excluding hydrogens is 406 g/mol. The molecule has 0 saturated carbocycles. The number of esters is 1. The number of halogens is 4. The lowest BCUT2D eigenvalue weighted by Crippen LogP contribution is -2.09. The number of carboxylic acid groups (broad SMARTS) is 1. The summed E-state index contributed by atoms with van der Waals surface area (Å²) in [5.41, 5.74) is 0. The smallest absolute Gasteiger partial charge is 0.325 e. The molecule has 0 atom stereocenters. The fourth-order valence-electron chi connectivity index (χ4n) is 1.08. The highest BCUT2D eigenvalue weighted by Gasteiger charge is 2.06. The lowest BCUT2D eigenvalue weighted by Gasteiger charge is -1.95. The fourth-order valence-corrected chi connectivity index (χ4v) is 1.89. The Morgan fingerprint density at radius 1 is 1.25 bits per heavy atom. The van der Waals surface area contributed by atoms with Gasteiger partial charge in [-0.05, 0) is 6.92 Å². The van der Waals surface area contributed by atoms with Gasteiger partial charge in [0, 0.05) is 19.1 Å². The molecule has 2 N–H and O–H groups in total. The van der Waals surface area contributed by atoms with Crippen molar-refractivity contribution < 1.29 is 19.4 Å². The lowest BCUT2D eigenvalue weighted by atomic mass is 10.6. The number of H-pyrrole nitrogens is 1. The third-order valence-electron chi connectivity index (χ3n) is 1.85. The van der Waals surface area contributed by atoms with Gasteiger partial charge in [-0.1, -0.05) is 46.4 Å². The fraction of sp³-hybridized carbons (Fsp3) is 0.333. The summed E-state index contributed by atoms with van der Waals surface area (Å²) in [6.07, 6.45) is 0. The van der Waals surface area contributed by atoms with Gasteiger partial charge in [-0.15, -0.1) is 0 Å². The number of aliphatic carboxylic acids is 1. The minimum Gasteiger partial charge on any atom is -0.480 e. The van der Waals surface area contributed by atoms with Gasteiger partial charge in [0.05, 0.1) is 6.61 Å². The summed E-state index contributed by atoms with van der Waals surface area (Å²) in [7, 11) is 0. The molecule has 0 saturated heterocycles. The number of hydrogen-bond acceptors (Lipinski definition) is 5. The quantitative estimate of drug-likeness (QED) is 0.735. The summed E-state index contributed by atoms with van der Waals surface area (Å²) in [5, 5.41) is 19.2. The minimum absolute atomic E-state index is 0.191. The Morgan fingerprint density at radius 3 is 2.08 bits per heavy atom. The molecule has 0 aliphatic carbocycles. The molecule has 2 heterocycles. The molecule has 24 heavy (non-hydrogen) atoms. The van der Waals surface area contributed by atoms with Gasteiger partial charge in [0.25, 0.3) is 0 Å². The van der Waals surface area contributed by atoms with Crippen molar-refractivity contribution in [2.75, 3.05) is 6.61 Å². The Balaban J connectivity index is 0.000000353. The van der Waals surface area contributed by atoms with Gasteiger partial charge in [0.15, 0.2) is 10.3 Å². The first kappa shape index (κ1) is 22.5. The first-order chi connectivity index (χ1) is 11.1. The molecule has 134 valence electrons. The average molecular weight is 420 g/mol. The molecule has 2 rings (SSSR count). The van der Waals surface area contributed by atoms with Gasteiger partial charge in [0.2, 0.25) is 0 Å². The number of nitrogens with one attached hydrogen (secondary N) is 1. The van der Waals surface area contributed by atoms with Crippen molar-refractivity contribution in [3.63, 3.8) is 0 Å². The van der Waals surface area contributed by atoms with Gasteiger partial charge in [-0.2, -0.15) is 10.2 Å². The molecule has 0 fully saturated rings. The monoisotopic (exact) mass is 418 g/mol. The highest BCUT2D eigenvalue weighted by Crippen LogP contribution is 2.14. The third kappa shape index (κ3) is 11.1. The van der Waals surface area contributed by atoms with Crippen LogP contribution in [0.3, 0.4) is 0 Å². The first-order valence-corrected chi connectivity index (χ1v) is 7.77. The van der Waals surface area contributed by atoms with E-state index in [2.05, 4.69) is 20.0 Å². The molecule has 0 aromatic carbocycles. The maximum atomic E-state index is 10.2. The van der Waals surface area contributed by atoms with E-state index < -0.39 is 5.97 Å². The Morgan fingerprint density at radius 2 is 1.88 bits per heavy atom. The number of carbonyl (C=O) groups excluding carboxylic acids is 1. The van der Waals surface area contributed by atoms with Crippen LogP contribution in [-0.2, 0) is 20.9 Å². The number of aromatic nitrogens is 4. The number of aromatic amines is 1. The summed E-state index contributed by atoms with van der Waals surface area (Å²) in [6.45, 7) is 3.38. The highest BCUT2D eigenvalue weighted by atomic mass is 35.5. The van der Waals surface area contributed by atoms with E-state index in [1.807, 2.05) is 0 Å². The molecule has 8 nitrogen and oxygen atoms in total. The molecule has 0 unspecified atom stereocenters. The molecular formula is C12H14Cl4N4O4. The van der Waals surface area contributed by atoms with Crippen molar-refractivity contribution in [1.82, 2.24) is 20.0 Å². The molecule has 0 bridgehead atoms. The second-order valence-electron chi connectivity index (χ2n) is 3.80. The van der Waals surface area contributed by atoms with Crippen LogP contribution in [0.25, 0.3) is 0 Å². The second-order valence-corrected chi connectivity index (χ2v) is 5.37. The Hall–Kier alpha value is -1.48. The number of rotatable bonds is 3. The maximum absolute atomic E-state index is 10.2. The van der Waals surface area contributed by atoms with Gasteiger partial charge < -0.3 is 9.84 Å². The zero-order valence-corrected chi connectivity index (χ0v) is 15.6. The molecule has 12 heteroatoms. The number of carbonyl (C=O) groups is 2. The largest absolute Gasteiger partial charge is 0.480 e. The van der Waals surface area contributed by atoms with Crippen LogP contribution in [0.2, 0.25) is 20.6 Å². The predicted octanol–water partition coefficient (Wildman–Crippen LogP) is 3.56. The van der Waals surface area contributed by atoms with Crippen molar-refractivity contribution in [3.05, 3.63) is 32.7 Å². The van der Waals surface area contributed by atoms with Crippen LogP contribution in [0.5, 0.6) is 0 Å². The zero-order chi connectivity index (χ0) is 18.7. The van der Waals surface area contributed by atoms with E-state index >= 15 is 0 Å². The van der Waals surface area contributed by atoms with Crippen LogP contribution in [0.4, 0.5) is 0 Å². The van der Waals surface area contributed by atoms with Crippen LogP contribution in [0, 0.1) is 0 Å². The highest BCUT2D eigenvalue weighted by molar-refractivity contribution is 6.34. The lowest BCUT2D eigenvalue weighted by molar-refractivity contribution is -0.140. The molecule has 0 radical (unpaired) electrons. The summed E-state index contributed by atoms with van der Waals surface area (Å²) in [5.74, 6) is -1.22. The van der Waals surface area contributed by atoms with Crippen molar-refractivity contribution in [2.45, 2.75) is 20.4 Å². The summed E-state index contributed by atoms with van der Waals surface area (Å²) in [4.78, 5) is 20.0. The van der Waals surface area contributed by atoms with Gasteiger partial charge in [-0.25, -0.2) is 4.68 Å². The van der Waals surface area contributed by atoms with Gasteiger partial charge in [0.1, 0.15) is 16.9 Å². The van der Waals surface area contributed by atoms with E-state index in [0.717, 1.165) is 4.68 Å². The maximum Gasteiger partial charge on any atom is 0.325 e. The van der Waals surface area contributed by atoms with Crippen LogP contribution >= 0.6 is 46.4 Å². The number of carboxylic acids is 1. The molecule has 0 spiro atoms. The van der Waals surface area contributed by atoms with E-state index in [4.69, 9.17) is 51.5 Å². The van der Waals surface area contributed by atoms with Crippen LogP contribution in [0.1, 0.15) is 13.8 Å². The van der Waals surface area contributed by atoms with Gasteiger partial charge >= 0.3 is 11.9 Å². The van der Waals surface area contributed by atoms with E-state index in [9.17, 15) is 9.59 Å². The molecule has 2 aromatic rings. The van der Waals surface area contributed by atoms with Crippen molar-refractivity contribution in [1.29, 1.82) is 0 Å². The third-order valence-corrected chi connectivity index (χ3v) is 2.73. The van der Waals surface area contributed by atoms with Crippen molar-refractivity contribution in [3.8, 4) is 0 Å². The van der Waals surface area contributed by atoms with Crippen molar-refractivity contribution in [2.24, 2.45) is 0 Å². The average Bonchev–Trinajstić information content (AvgIpc) is 2.95. The van der Waals surface area contributed by atoms with E-state index in [-0.39, 0.29) is 22.8 Å². The molecule has 0 amide bonds. The SMILES string of the molecule is CCOC(C)=O.Clc1cc(Cl)[nH]n1.O=C(O)Cn1nc(Cl)cc1Cl. The van der Waals surface area contributed by atoms with E-state index in [1.165, 1.54) is 19.1 Å². The van der Waals surface area contributed by atoms with Crippen LogP contribution in [-0.4, -0.2) is 43.6 Å². The Bertz CT molecular complexity index is 643. The predicted molar refractivity (Wildman–Crippen MR) is 90.8 cm³/mol. The van der Waals surface area contributed by atoms with Crippen LogP contribution in [0.15, 0.2) is 12.1 Å². The normalized spacial score (nSPS) is 9.25. The number of hydrogen-bond donors (Lipinski definition) is 2. The minimum atomic E-state index is -1.01. The standard InChI is InChI=1S/C5H4Cl2N2O2.C4H8O2.C3H2Cl2N2/c6-3-1-4(7)9(8-3)2-5(10)11;1-3-6-4(2)5;4-2-1-3(5)7-6-2/h1H,2H2,(H,10,11);3H2,1-2H3;1H,(H,6,7). The second kappa shape index (κ2) is 12.0. The summed E-state index contributed by atoms with van der Waals surface area (Å²) < 4.78 is 5.51. The molecule has 0 aliphatic rings. The zero-order valence-electron chi connectivity index (χ0n) is 12.6. The van der Waals surface area contributed by atoms with Gasteiger partial charge in [-0.3, -0.25) is 14.7 Å².